The number of benzene rings is 2. The van der Waals surface area contributed by atoms with Crippen molar-refractivity contribution in [3.63, 3.8) is 0 Å². The molecule has 3 rings (SSSR count). The van der Waals surface area contributed by atoms with E-state index in [0.717, 1.165) is 23.3 Å². The van der Waals surface area contributed by atoms with Crippen molar-refractivity contribution < 1.29 is 27.5 Å². The molecule has 2 aromatic carbocycles. The summed E-state index contributed by atoms with van der Waals surface area (Å²) in [6, 6.07) is 14.7. The van der Waals surface area contributed by atoms with Gasteiger partial charge in [0, 0.05) is 28.9 Å². The third-order valence-electron chi connectivity index (χ3n) is 4.90. The molecule has 7 nitrogen and oxygen atoms in total. The first-order chi connectivity index (χ1) is 14.6. The second-order valence-electron chi connectivity index (χ2n) is 7.11. The average molecular weight is 442 g/mol. The second-order valence-corrected chi connectivity index (χ2v) is 9.13. The number of methoxy groups -OCH3 is 1. The Hall–Kier alpha value is -3.39. The zero-order valence-corrected chi connectivity index (χ0v) is 18.5. The van der Waals surface area contributed by atoms with Crippen molar-refractivity contribution in [2.24, 2.45) is 0 Å². The molecule has 0 aliphatic carbocycles. The van der Waals surface area contributed by atoms with Crippen LogP contribution in [-0.2, 0) is 14.6 Å². The van der Waals surface area contributed by atoms with E-state index >= 15 is 0 Å². The smallest absolute Gasteiger partial charge is 0.337 e. The van der Waals surface area contributed by atoms with E-state index in [9.17, 15) is 18.0 Å². The van der Waals surface area contributed by atoms with E-state index < -0.39 is 15.8 Å². The molecule has 8 heteroatoms. The van der Waals surface area contributed by atoms with Crippen molar-refractivity contribution in [3.8, 4) is 11.4 Å². The average Bonchev–Trinajstić information content (AvgIpc) is 3.05. The van der Waals surface area contributed by atoms with Crippen LogP contribution in [0.15, 0.2) is 59.5 Å². The summed E-state index contributed by atoms with van der Waals surface area (Å²) in [5.74, 6) is -0.198. The Morgan fingerprint density at radius 3 is 2.13 bits per heavy atom. The second kappa shape index (κ2) is 8.77. The lowest BCUT2D eigenvalue weighted by atomic mass is 10.1. The first-order valence-corrected chi connectivity index (χ1v) is 11.3. The Labute approximate surface area is 181 Å². The van der Waals surface area contributed by atoms with Gasteiger partial charge in [-0.05, 0) is 68.4 Å². The molecule has 162 valence electrons. The van der Waals surface area contributed by atoms with Gasteiger partial charge in [0.1, 0.15) is 5.75 Å². The Kier molecular flexibility index (Phi) is 6.31. The maximum atomic E-state index is 12.7. The van der Waals surface area contributed by atoms with Gasteiger partial charge < -0.3 is 14.0 Å². The Morgan fingerprint density at radius 2 is 1.58 bits per heavy atom. The van der Waals surface area contributed by atoms with Gasteiger partial charge in [-0.1, -0.05) is 0 Å². The third-order valence-corrected chi connectivity index (χ3v) is 6.03. The molecule has 31 heavy (non-hydrogen) atoms. The fourth-order valence-electron chi connectivity index (χ4n) is 3.32. The molecule has 0 radical (unpaired) electrons. The van der Waals surface area contributed by atoms with Crippen molar-refractivity contribution in [2.45, 2.75) is 18.7 Å². The van der Waals surface area contributed by atoms with Crippen molar-refractivity contribution in [3.05, 3.63) is 77.1 Å². The van der Waals surface area contributed by atoms with Crippen LogP contribution in [-0.4, -0.2) is 44.7 Å². The summed E-state index contributed by atoms with van der Waals surface area (Å²) in [5, 5.41) is 0. The van der Waals surface area contributed by atoms with Crippen molar-refractivity contribution in [2.75, 3.05) is 20.0 Å². The minimum atomic E-state index is -3.29. The molecule has 3 aromatic rings. The van der Waals surface area contributed by atoms with Gasteiger partial charge in [0.25, 0.3) is 0 Å². The lowest BCUT2D eigenvalue weighted by Gasteiger charge is -2.11. The molecule has 0 bridgehead atoms. The van der Waals surface area contributed by atoms with E-state index in [2.05, 4.69) is 0 Å². The molecule has 0 aliphatic heterocycles. The van der Waals surface area contributed by atoms with Crippen LogP contribution < -0.4 is 4.74 Å². The first kappa shape index (κ1) is 22.3. The zero-order chi connectivity index (χ0) is 22.8. The quantitative estimate of drug-likeness (QED) is 0.411. The van der Waals surface area contributed by atoms with Gasteiger partial charge in [-0.2, -0.15) is 0 Å². The highest BCUT2D eigenvalue weighted by atomic mass is 32.2. The number of carbonyl (C=O) groups excluding carboxylic acids is 2. The molecule has 1 aromatic heterocycles. The van der Waals surface area contributed by atoms with E-state index in [4.69, 9.17) is 9.47 Å². The number of ether oxygens (including phenoxy) is 2. The molecule has 0 saturated heterocycles. The summed E-state index contributed by atoms with van der Waals surface area (Å²) in [7, 11) is -1.96. The standard InChI is InChI=1S/C23H23NO6S/c1-15-13-21(16(2)24(15)18-7-5-17(6-8-18)23(26)29-3)22(25)14-30-19-9-11-20(12-10-19)31(4,27)28/h5-13H,14H2,1-4H3. The van der Waals surface area contributed by atoms with Crippen molar-refractivity contribution in [1.29, 1.82) is 0 Å². The van der Waals surface area contributed by atoms with E-state index in [-0.39, 0.29) is 17.3 Å². The lowest BCUT2D eigenvalue weighted by molar-refractivity contribution is 0.0600. The lowest BCUT2D eigenvalue weighted by Crippen LogP contribution is -2.13. The van der Waals surface area contributed by atoms with Gasteiger partial charge in [-0.15, -0.1) is 0 Å². The number of aryl methyl sites for hydroxylation is 1. The molecular formula is C23H23NO6S. The fraction of sp³-hybridized carbons (Fsp3) is 0.217. The molecule has 0 unspecified atom stereocenters. The highest BCUT2D eigenvalue weighted by Crippen LogP contribution is 2.23. The van der Waals surface area contributed by atoms with Gasteiger partial charge in [0.05, 0.1) is 17.6 Å². The van der Waals surface area contributed by atoms with Crippen LogP contribution in [0.3, 0.4) is 0 Å². The fourth-order valence-corrected chi connectivity index (χ4v) is 3.95. The first-order valence-electron chi connectivity index (χ1n) is 9.45. The van der Waals surface area contributed by atoms with Gasteiger partial charge in [-0.25, -0.2) is 13.2 Å². The van der Waals surface area contributed by atoms with Crippen LogP contribution in [0.2, 0.25) is 0 Å². The number of carbonyl (C=O) groups is 2. The Balaban J connectivity index is 1.76. The monoisotopic (exact) mass is 441 g/mol. The number of hydrogen-bond acceptors (Lipinski definition) is 6. The number of sulfone groups is 1. The summed E-state index contributed by atoms with van der Waals surface area (Å²) in [5.41, 5.74) is 3.41. The minimum Gasteiger partial charge on any atom is -0.485 e. The predicted molar refractivity (Wildman–Crippen MR) is 116 cm³/mol. The minimum absolute atomic E-state index is 0.177. The summed E-state index contributed by atoms with van der Waals surface area (Å²) in [6.45, 7) is 3.56. The van der Waals surface area contributed by atoms with E-state index in [1.165, 1.54) is 31.4 Å². The maximum absolute atomic E-state index is 12.7. The van der Waals surface area contributed by atoms with Gasteiger partial charge in [0.15, 0.2) is 16.4 Å². The van der Waals surface area contributed by atoms with Crippen LogP contribution in [0.4, 0.5) is 0 Å². The number of nitrogens with zero attached hydrogens (tertiary/aromatic N) is 1. The molecule has 0 N–H and O–H groups in total. The van der Waals surface area contributed by atoms with Crippen LogP contribution in [0, 0.1) is 13.8 Å². The van der Waals surface area contributed by atoms with Crippen molar-refractivity contribution in [1.82, 2.24) is 4.57 Å². The normalized spacial score (nSPS) is 11.2. The summed E-state index contributed by atoms with van der Waals surface area (Å²) < 4.78 is 35.3. The van der Waals surface area contributed by atoms with Gasteiger partial charge in [-0.3, -0.25) is 4.79 Å². The molecule has 0 amide bonds. The van der Waals surface area contributed by atoms with E-state index in [0.29, 0.717) is 16.9 Å². The molecule has 0 aliphatic rings. The summed E-state index contributed by atoms with van der Waals surface area (Å²) >= 11 is 0. The third kappa shape index (κ3) is 4.86. The van der Waals surface area contributed by atoms with Crippen LogP contribution in [0.1, 0.15) is 32.1 Å². The molecule has 0 saturated carbocycles. The Morgan fingerprint density at radius 1 is 0.968 bits per heavy atom. The van der Waals surface area contributed by atoms with Gasteiger partial charge >= 0.3 is 5.97 Å². The Bertz CT molecular complexity index is 1220. The number of Topliss-reactive ketones (excluding diaryl/α,β-unsaturated/α-hetero) is 1. The molecule has 1 heterocycles. The highest BCUT2D eigenvalue weighted by Gasteiger charge is 2.18. The number of aromatic nitrogens is 1. The maximum Gasteiger partial charge on any atom is 0.337 e. The number of rotatable bonds is 7. The molecule has 0 spiro atoms. The number of ketones is 1. The predicted octanol–water partition coefficient (Wildman–Crippen LogP) is 3.55. The van der Waals surface area contributed by atoms with Gasteiger partial charge in [0.2, 0.25) is 5.78 Å². The van der Waals surface area contributed by atoms with Crippen LogP contribution in [0.25, 0.3) is 5.69 Å². The molecule has 0 atom stereocenters. The highest BCUT2D eigenvalue weighted by molar-refractivity contribution is 7.90. The topological polar surface area (TPSA) is 91.7 Å². The molecular weight excluding hydrogens is 418 g/mol. The summed E-state index contributed by atoms with van der Waals surface area (Å²) in [6.07, 6.45) is 1.13. The summed E-state index contributed by atoms with van der Waals surface area (Å²) in [4.78, 5) is 24.6. The van der Waals surface area contributed by atoms with Crippen LogP contribution >= 0.6 is 0 Å². The number of hydrogen-bond donors (Lipinski definition) is 0. The van der Waals surface area contributed by atoms with E-state index in [1.807, 2.05) is 18.4 Å². The van der Waals surface area contributed by atoms with Crippen LogP contribution in [0.5, 0.6) is 5.75 Å². The largest absolute Gasteiger partial charge is 0.485 e. The molecule has 0 fully saturated rings. The van der Waals surface area contributed by atoms with E-state index in [1.54, 1.807) is 30.3 Å². The zero-order valence-electron chi connectivity index (χ0n) is 17.7. The SMILES string of the molecule is COC(=O)c1ccc(-n2c(C)cc(C(=O)COc3ccc(S(C)(=O)=O)cc3)c2C)cc1. The number of esters is 1. The van der Waals surface area contributed by atoms with Crippen molar-refractivity contribution >= 4 is 21.6 Å².